The lowest BCUT2D eigenvalue weighted by atomic mass is 10.1. The zero-order chi connectivity index (χ0) is 22.5. The van der Waals surface area contributed by atoms with Crippen LogP contribution in [0, 0.1) is 10.5 Å². The second-order valence-electron chi connectivity index (χ2n) is 7.63. The summed E-state index contributed by atoms with van der Waals surface area (Å²) in [4.78, 5) is 18.1. The summed E-state index contributed by atoms with van der Waals surface area (Å²) < 4.78 is 14.1. The van der Waals surface area contributed by atoms with Crippen LogP contribution in [0.25, 0.3) is 22.3 Å². The normalized spacial score (nSPS) is 11.0. The number of benzene rings is 3. The van der Waals surface area contributed by atoms with Crippen LogP contribution in [-0.2, 0) is 6.54 Å². The fraction of sp³-hybridized carbons (Fsp3) is 0.231. The van der Waals surface area contributed by atoms with Crippen molar-refractivity contribution in [3.8, 4) is 22.9 Å². The standard InChI is InChI=1S/C26H25IN2O3/c1-18-9-14-24(22(27)17-18)32-16-6-5-15-29-25(19-10-12-20(31-2)13-11-19)28-23-8-4-3-7-21(23)26(29)30/h3-4,7-14,17H,5-6,15-16H2,1-2H3. The minimum Gasteiger partial charge on any atom is -0.497 e. The number of rotatable bonds is 8. The van der Waals surface area contributed by atoms with Gasteiger partial charge in [0.15, 0.2) is 0 Å². The van der Waals surface area contributed by atoms with E-state index >= 15 is 0 Å². The van der Waals surface area contributed by atoms with Gasteiger partial charge in [-0.3, -0.25) is 9.36 Å². The van der Waals surface area contributed by atoms with Crippen molar-refractivity contribution in [2.45, 2.75) is 26.3 Å². The molecule has 0 fully saturated rings. The Labute approximate surface area is 201 Å². The Morgan fingerprint density at radius 2 is 1.78 bits per heavy atom. The quantitative estimate of drug-likeness (QED) is 0.208. The molecule has 0 aliphatic heterocycles. The second-order valence-corrected chi connectivity index (χ2v) is 8.79. The fourth-order valence-corrected chi connectivity index (χ4v) is 4.44. The maximum Gasteiger partial charge on any atom is 0.261 e. The van der Waals surface area contributed by atoms with Crippen molar-refractivity contribution in [1.29, 1.82) is 0 Å². The highest BCUT2D eigenvalue weighted by Crippen LogP contribution is 2.23. The number of aromatic nitrogens is 2. The molecule has 4 rings (SSSR count). The number of hydrogen-bond donors (Lipinski definition) is 0. The van der Waals surface area contributed by atoms with Crippen LogP contribution in [0.4, 0.5) is 0 Å². The van der Waals surface area contributed by atoms with E-state index in [2.05, 4.69) is 41.6 Å². The van der Waals surface area contributed by atoms with Crippen molar-refractivity contribution in [1.82, 2.24) is 9.55 Å². The van der Waals surface area contributed by atoms with Gasteiger partial charge in [0, 0.05) is 12.1 Å². The van der Waals surface area contributed by atoms with Crippen LogP contribution in [-0.4, -0.2) is 23.3 Å². The predicted octanol–water partition coefficient (Wildman–Crippen LogP) is 5.84. The average Bonchev–Trinajstić information content (AvgIpc) is 2.81. The Morgan fingerprint density at radius 3 is 2.53 bits per heavy atom. The third kappa shape index (κ3) is 4.96. The van der Waals surface area contributed by atoms with Crippen molar-refractivity contribution in [3.63, 3.8) is 0 Å². The first-order valence-corrected chi connectivity index (χ1v) is 11.7. The molecule has 32 heavy (non-hydrogen) atoms. The highest BCUT2D eigenvalue weighted by atomic mass is 127. The minimum absolute atomic E-state index is 0.0181. The molecule has 5 nitrogen and oxygen atoms in total. The van der Waals surface area contributed by atoms with Gasteiger partial charge in [-0.25, -0.2) is 4.98 Å². The van der Waals surface area contributed by atoms with E-state index in [0.29, 0.717) is 29.9 Å². The molecule has 4 aromatic rings. The Kier molecular flexibility index (Phi) is 7.09. The lowest BCUT2D eigenvalue weighted by molar-refractivity contribution is 0.301. The Morgan fingerprint density at radius 1 is 1.00 bits per heavy atom. The summed E-state index contributed by atoms with van der Waals surface area (Å²) in [6.45, 7) is 3.25. The molecular formula is C26H25IN2O3. The average molecular weight is 540 g/mol. The van der Waals surface area contributed by atoms with Gasteiger partial charge in [-0.15, -0.1) is 0 Å². The number of methoxy groups -OCH3 is 1. The van der Waals surface area contributed by atoms with E-state index in [9.17, 15) is 4.79 Å². The van der Waals surface area contributed by atoms with Gasteiger partial charge in [0.2, 0.25) is 0 Å². The molecular weight excluding hydrogens is 515 g/mol. The van der Waals surface area contributed by atoms with Crippen LogP contribution >= 0.6 is 22.6 Å². The molecule has 0 saturated carbocycles. The summed E-state index contributed by atoms with van der Waals surface area (Å²) in [6, 6.07) is 21.3. The van der Waals surface area contributed by atoms with E-state index in [1.54, 1.807) is 11.7 Å². The summed E-state index contributed by atoms with van der Waals surface area (Å²) >= 11 is 2.30. The van der Waals surface area contributed by atoms with Crippen LogP contribution in [0.15, 0.2) is 71.5 Å². The Balaban J connectivity index is 1.53. The zero-order valence-electron chi connectivity index (χ0n) is 18.2. The van der Waals surface area contributed by atoms with E-state index in [0.717, 1.165) is 33.5 Å². The molecule has 0 atom stereocenters. The molecule has 0 unspecified atom stereocenters. The molecule has 0 amide bonds. The highest BCUT2D eigenvalue weighted by Gasteiger charge is 2.13. The third-order valence-corrected chi connectivity index (χ3v) is 6.17. The van der Waals surface area contributed by atoms with Crippen LogP contribution in [0.1, 0.15) is 18.4 Å². The first-order valence-electron chi connectivity index (χ1n) is 10.6. The largest absolute Gasteiger partial charge is 0.497 e. The fourth-order valence-electron chi connectivity index (χ4n) is 3.61. The first kappa shape index (κ1) is 22.3. The lowest BCUT2D eigenvalue weighted by Gasteiger charge is -2.14. The van der Waals surface area contributed by atoms with Gasteiger partial charge >= 0.3 is 0 Å². The summed E-state index contributed by atoms with van der Waals surface area (Å²) in [6.07, 6.45) is 1.65. The van der Waals surface area contributed by atoms with Crippen molar-refractivity contribution < 1.29 is 9.47 Å². The van der Waals surface area contributed by atoms with Gasteiger partial charge < -0.3 is 9.47 Å². The number of hydrogen-bond acceptors (Lipinski definition) is 4. The lowest BCUT2D eigenvalue weighted by Crippen LogP contribution is -2.24. The molecule has 1 heterocycles. The molecule has 0 bridgehead atoms. The van der Waals surface area contributed by atoms with Gasteiger partial charge in [0.1, 0.15) is 17.3 Å². The van der Waals surface area contributed by atoms with Crippen LogP contribution in [0.3, 0.4) is 0 Å². The number of nitrogens with zero attached hydrogens (tertiary/aromatic N) is 2. The molecule has 0 aliphatic rings. The van der Waals surface area contributed by atoms with Crippen molar-refractivity contribution in [3.05, 3.63) is 86.2 Å². The number of halogens is 1. The third-order valence-electron chi connectivity index (χ3n) is 5.33. The van der Waals surface area contributed by atoms with E-state index in [4.69, 9.17) is 14.5 Å². The van der Waals surface area contributed by atoms with Crippen molar-refractivity contribution in [2.24, 2.45) is 0 Å². The molecule has 0 saturated heterocycles. The van der Waals surface area contributed by atoms with Gasteiger partial charge in [-0.05, 0) is 96.5 Å². The van der Waals surface area contributed by atoms with E-state index in [1.807, 2.05) is 54.6 Å². The predicted molar refractivity (Wildman–Crippen MR) is 137 cm³/mol. The summed E-state index contributed by atoms with van der Waals surface area (Å²) in [5.41, 5.74) is 2.79. The summed E-state index contributed by atoms with van der Waals surface area (Å²) in [7, 11) is 1.64. The molecule has 6 heteroatoms. The van der Waals surface area contributed by atoms with Gasteiger partial charge in [-0.1, -0.05) is 18.2 Å². The smallest absolute Gasteiger partial charge is 0.261 e. The SMILES string of the molecule is COc1ccc(-c2nc3ccccc3c(=O)n2CCCCOc2ccc(C)cc2I)cc1. The second kappa shape index (κ2) is 10.2. The highest BCUT2D eigenvalue weighted by molar-refractivity contribution is 14.1. The Hall–Kier alpha value is -2.87. The maximum atomic E-state index is 13.3. The molecule has 0 spiro atoms. The number of ether oxygens (including phenoxy) is 2. The summed E-state index contributed by atoms with van der Waals surface area (Å²) in [5.74, 6) is 2.34. The van der Waals surface area contributed by atoms with Crippen LogP contribution in [0.5, 0.6) is 11.5 Å². The minimum atomic E-state index is -0.0181. The van der Waals surface area contributed by atoms with Gasteiger partial charge in [0.25, 0.3) is 5.56 Å². The molecule has 0 N–H and O–H groups in total. The van der Waals surface area contributed by atoms with E-state index in [1.165, 1.54) is 5.56 Å². The Bertz CT molecular complexity index is 1280. The number of para-hydroxylation sites is 1. The van der Waals surface area contributed by atoms with E-state index in [-0.39, 0.29) is 5.56 Å². The van der Waals surface area contributed by atoms with E-state index < -0.39 is 0 Å². The topological polar surface area (TPSA) is 53.3 Å². The molecule has 3 aromatic carbocycles. The molecule has 164 valence electrons. The zero-order valence-corrected chi connectivity index (χ0v) is 20.3. The van der Waals surface area contributed by atoms with Crippen LogP contribution in [0.2, 0.25) is 0 Å². The maximum absolute atomic E-state index is 13.3. The van der Waals surface area contributed by atoms with Crippen molar-refractivity contribution >= 4 is 33.5 Å². The van der Waals surface area contributed by atoms with Crippen molar-refractivity contribution in [2.75, 3.05) is 13.7 Å². The molecule has 1 aromatic heterocycles. The number of unbranched alkanes of at least 4 members (excludes halogenated alkanes) is 1. The first-order chi connectivity index (χ1) is 15.6. The van der Waals surface area contributed by atoms with Crippen LogP contribution < -0.4 is 15.0 Å². The molecule has 0 aliphatic carbocycles. The monoisotopic (exact) mass is 540 g/mol. The van der Waals surface area contributed by atoms with Gasteiger partial charge in [-0.2, -0.15) is 0 Å². The number of aryl methyl sites for hydroxylation is 1. The number of fused-ring (bicyclic) bond motifs is 1. The van der Waals surface area contributed by atoms with Gasteiger partial charge in [0.05, 0.1) is 28.2 Å². The molecule has 0 radical (unpaired) electrons. The summed E-state index contributed by atoms with van der Waals surface area (Å²) in [5, 5.41) is 0.634.